The smallest absolute Gasteiger partial charge is 0.101 e. The Bertz CT molecular complexity index is 391. The molecule has 15 heavy (non-hydrogen) atoms. The Morgan fingerprint density at radius 1 is 1.47 bits per heavy atom. The predicted molar refractivity (Wildman–Crippen MR) is 69.6 cm³/mol. The standard InChI is InChI=1S/C12H15IN2/c1-4-5-12(2,3)11-9(6-14)7-15-8-10(11)13/h7-8H,4-5H2,1-3H3. The average Bonchev–Trinajstić information content (AvgIpc) is 2.16. The molecule has 80 valence electrons. The van der Waals surface area contributed by atoms with Crippen LogP contribution in [0.25, 0.3) is 0 Å². The van der Waals surface area contributed by atoms with Crippen molar-refractivity contribution in [3.8, 4) is 6.07 Å². The minimum absolute atomic E-state index is 0.0548. The number of hydrogen-bond donors (Lipinski definition) is 0. The first-order valence-corrected chi connectivity index (χ1v) is 6.15. The van der Waals surface area contributed by atoms with Crippen LogP contribution in [0.15, 0.2) is 12.4 Å². The molecule has 0 saturated heterocycles. The quantitative estimate of drug-likeness (QED) is 0.799. The molecule has 2 nitrogen and oxygen atoms in total. The highest BCUT2D eigenvalue weighted by Crippen LogP contribution is 2.33. The van der Waals surface area contributed by atoms with Crippen molar-refractivity contribution in [1.82, 2.24) is 4.98 Å². The molecule has 0 aliphatic heterocycles. The SMILES string of the molecule is CCCC(C)(C)c1c(I)cncc1C#N. The molecule has 0 spiro atoms. The molecule has 0 fully saturated rings. The van der Waals surface area contributed by atoms with E-state index in [0.29, 0.717) is 5.56 Å². The van der Waals surface area contributed by atoms with Crippen LogP contribution >= 0.6 is 22.6 Å². The number of rotatable bonds is 3. The number of aromatic nitrogens is 1. The molecule has 1 aromatic rings. The van der Waals surface area contributed by atoms with Crippen LogP contribution in [0.5, 0.6) is 0 Å². The minimum Gasteiger partial charge on any atom is -0.262 e. The maximum Gasteiger partial charge on any atom is 0.101 e. The monoisotopic (exact) mass is 314 g/mol. The summed E-state index contributed by atoms with van der Waals surface area (Å²) >= 11 is 2.26. The van der Waals surface area contributed by atoms with Gasteiger partial charge < -0.3 is 0 Å². The summed E-state index contributed by atoms with van der Waals surface area (Å²) in [6, 6.07) is 2.23. The zero-order chi connectivity index (χ0) is 11.5. The second kappa shape index (κ2) is 4.93. The predicted octanol–water partition coefficient (Wildman–Crippen LogP) is 3.64. The summed E-state index contributed by atoms with van der Waals surface area (Å²) in [5.74, 6) is 0. The van der Waals surface area contributed by atoms with E-state index in [2.05, 4.69) is 54.4 Å². The van der Waals surface area contributed by atoms with Crippen molar-refractivity contribution in [3.05, 3.63) is 27.1 Å². The second-order valence-electron chi connectivity index (χ2n) is 4.29. The molecule has 3 heteroatoms. The molecule has 1 rings (SSSR count). The Morgan fingerprint density at radius 2 is 2.13 bits per heavy atom. The number of hydrogen-bond acceptors (Lipinski definition) is 2. The van der Waals surface area contributed by atoms with Crippen LogP contribution < -0.4 is 0 Å². The lowest BCUT2D eigenvalue weighted by Crippen LogP contribution is -2.20. The summed E-state index contributed by atoms with van der Waals surface area (Å²) in [7, 11) is 0. The lowest BCUT2D eigenvalue weighted by molar-refractivity contribution is 0.469. The summed E-state index contributed by atoms with van der Waals surface area (Å²) in [5, 5.41) is 9.08. The van der Waals surface area contributed by atoms with Crippen LogP contribution in [0.1, 0.15) is 44.7 Å². The summed E-state index contributed by atoms with van der Waals surface area (Å²) in [6.07, 6.45) is 5.70. The van der Waals surface area contributed by atoms with E-state index in [0.717, 1.165) is 22.0 Å². The molecular weight excluding hydrogens is 299 g/mol. The molecule has 0 aromatic carbocycles. The number of pyridine rings is 1. The third-order valence-electron chi connectivity index (χ3n) is 2.57. The molecule has 0 amide bonds. The number of nitrogens with zero attached hydrogens (tertiary/aromatic N) is 2. The average molecular weight is 314 g/mol. The highest BCUT2D eigenvalue weighted by atomic mass is 127. The second-order valence-corrected chi connectivity index (χ2v) is 5.45. The first kappa shape index (κ1) is 12.4. The fourth-order valence-corrected chi connectivity index (χ4v) is 3.14. The van der Waals surface area contributed by atoms with Crippen LogP contribution in [0.2, 0.25) is 0 Å². The summed E-state index contributed by atoms with van der Waals surface area (Å²) in [4.78, 5) is 4.06. The zero-order valence-corrected chi connectivity index (χ0v) is 11.5. The van der Waals surface area contributed by atoms with Gasteiger partial charge in [0, 0.05) is 16.0 Å². The highest BCUT2D eigenvalue weighted by Gasteiger charge is 2.25. The molecule has 0 saturated carbocycles. The van der Waals surface area contributed by atoms with E-state index in [1.54, 1.807) is 6.20 Å². The van der Waals surface area contributed by atoms with E-state index >= 15 is 0 Å². The molecule has 0 radical (unpaired) electrons. The number of nitriles is 1. The fourth-order valence-electron chi connectivity index (χ4n) is 1.96. The summed E-state index contributed by atoms with van der Waals surface area (Å²) < 4.78 is 1.09. The molecule has 1 aromatic heterocycles. The lowest BCUT2D eigenvalue weighted by Gasteiger charge is -2.26. The minimum atomic E-state index is 0.0548. The normalized spacial score (nSPS) is 11.1. The fraction of sp³-hybridized carbons (Fsp3) is 0.500. The topological polar surface area (TPSA) is 36.7 Å². The molecule has 0 bridgehead atoms. The van der Waals surface area contributed by atoms with Gasteiger partial charge in [-0.25, -0.2) is 0 Å². The van der Waals surface area contributed by atoms with Gasteiger partial charge in [0.25, 0.3) is 0 Å². The number of halogens is 1. The van der Waals surface area contributed by atoms with Crippen molar-refractivity contribution in [1.29, 1.82) is 5.26 Å². The Morgan fingerprint density at radius 3 is 2.67 bits per heavy atom. The van der Waals surface area contributed by atoms with Crippen molar-refractivity contribution in [2.24, 2.45) is 0 Å². The van der Waals surface area contributed by atoms with Gasteiger partial charge in [-0.15, -0.1) is 0 Å². The van der Waals surface area contributed by atoms with E-state index < -0.39 is 0 Å². The molecule has 0 aliphatic rings. The van der Waals surface area contributed by atoms with Gasteiger partial charge in [0.1, 0.15) is 6.07 Å². The van der Waals surface area contributed by atoms with Crippen LogP contribution in [0.4, 0.5) is 0 Å². The van der Waals surface area contributed by atoms with Crippen LogP contribution in [-0.2, 0) is 5.41 Å². The van der Waals surface area contributed by atoms with Gasteiger partial charge in [-0.1, -0.05) is 27.2 Å². The van der Waals surface area contributed by atoms with E-state index in [4.69, 9.17) is 5.26 Å². The molecule has 0 unspecified atom stereocenters. The van der Waals surface area contributed by atoms with E-state index in [9.17, 15) is 0 Å². The van der Waals surface area contributed by atoms with Crippen molar-refractivity contribution >= 4 is 22.6 Å². The first-order valence-electron chi connectivity index (χ1n) is 5.07. The van der Waals surface area contributed by atoms with Crippen molar-refractivity contribution in [2.45, 2.75) is 39.0 Å². The summed E-state index contributed by atoms with van der Waals surface area (Å²) in [6.45, 7) is 6.55. The zero-order valence-electron chi connectivity index (χ0n) is 9.34. The van der Waals surface area contributed by atoms with Gasteiger partial charge in [-0.2, -0.15) is 5.26 Å². The van der Waals surface area contributed by atoms with Gasteiger partial charge in [0.15, 0.2) is 0 Å². The third kappa shape index (κ3) is 2.69. The Hall–Kier alpha value is -0.630. The van der Waals surface area contributed by atoms with Crippen molar-refractivity contribution in [3.63, 3.8) is 0 Å². The Kier molecular flexibility index (Phi) is 4.09. The van der Waals surface area contributed by atoms with Crippen molar-refractivity contribution < 1.29 is 0 Å². The van der Waals surface area contributed by atoms with Gasteiger partial charge >= 0.3 is 0 Å². The maximum atomic E-state index is 9.08. The van der Waals surface area contributed by atoms with Gasteiger partial charge in [-0.3, -0.25) is 4.98 Å². The molecule has 1 heterocycles. The third-order valence-corrected chi connectivity index (χ3v) is 3.39. The molecule has 0 aliphatic carbocycles. The highest BCUT2D eigenvalue weighted by molar-refractivity contribution is 14.1. The van der Waals surface area contributed by atoms with Gasteiger partial charge in [0.05, 0.1) is 5.56 Å². The first-order chi connectivity index (χ1) is 7.03. The van der Waals surface area contributed by atoms with Crippen LogP contribution in [0.3, 0.4) is 0 Å². The Labute approximate surface area is 105 Å². The van der Waals surface area contributed by atoms with E-state index in [1.807, 2.05) is 6.20 Å². The van der Waals surface area contributed by atoms with Crippen molar-refractivity contribution in [2.75, 3.05) is 0 Å². The Balaban J connectivity index is 3.29. The largest absolute Gasteiger partial charge is 0.262 e. The summed E-state index contributed by atoms with van der Waals surface area (Å²) in [5.41, 5.74) is 1.90. The van der Waals surface area contributed by atoms with E-state index in [1.165, 1.54) is 0 Å². The van der Waals surface area contributed by atoms with E-state index in [-0.39, 0.29) is 5.41 Å². The molecular formula is C12H15IN2. The molecule has 0 N–H and O–H groups in total. The molecule has 0 atom stereocenters. The van der Waals surface area contributed by atoms with Gasteiger partial charge in [0.2, 0.25) is 0 Å². The lowest BCUT2D eigenvalue weighted by atomic mass is 9.79. The van der Waals surface area contributed by atoms with Crippen LogP contribution in [0, 0.1) is 14.9 Å². The van der Waals surface area contributed by atoms with Crippen LogP contribution in [-0.4, -0.2) is 4.98 Å². The maximum absolute atomic E-state index is 9.08. The van der Waals surface area contributed by atoms with Gasteiger partial charge in [-0.05, 0) is 40.0 Å².